The lowest BCUT2D eigenvalue weighted by Gasteiger charge is -2.42. The molecule has 6 atom stereocenters. The highest BCUT2D eigenvalue weighted by atomic mass is 16.7. The molecule has 0 aromatic rings. The number of hydrogen-bond acceptors (Lipinski definition) is 8. The Morgan fingerprint density at radius 3 is 2.46 bits per heavy atom. The highest BCUT2D eigenvalue weighted by molar-refractivity contribution is 5.92. The number of allylic oxidation sites excluding steroid dienone is 1. The second kappa shape index (κ2) is 7.57. The molecular formula is C16H26O8. The molecular weight excluding hydrogens is 320 g/mol. The number of hydrogen-bond donors (Lipinski definition) is 5. The van der Waals surface area contributed by atoms with Gasteiger partial charge in [0.1, 0.15) is 24.4 Å². The molecule has 8 heteroatoms. The van der Waals surface area contributed by atoms with E-state index in [1.165, 1.54) is 6.08 Å². The van der Waals surface area contributed by atoms with Crippen molar-refractivity contribution in [3.8, 4) is 0 Å². The van der Waals surface area contributed by atoms with Gasteiger partial charge in [0, 0.05) is 12.3 Å². The molecule has 2 rings (SSSR count). The van der Waals surface area contributed by atoms with E-state index < -0.39 is 42.7 Å². The second-order valence-corrected chi connectivity index (χ2v) is 7.09. The van der Waals surface area contributed by atoms with Crippen LogP contribution in [0.4, 0.5) is 0 Å². The van der Waals surface area contributed by atoms with Crippen molar-refractivity contribution >= 4 is 5.78 Å². The van der Waals surface area contributed by atoms with E-state index in [2.05, 4.69) is 0 Å². The number of carbonyl (C=O) groups is 1. The van der Waals surface area contributed by atoms with Crippen molar-refractivity contribution in [2.24, 2.45) is 11.3 Å². The number of ketones is 1. The first-order valence-corrected chi connectivity index (χ1v) is 7.97. The quantitative estimate of drug-likeness (QED) is 0.399. The molecule has 1 heterocycles. The first-order valence-electron chi connectivity index (χ1n) is 7.97. The summed E-state index contributed by atoms with van der Waals surface area (Å²) in [5, 5.41) is 48.2. The van der Waals surface area contributed by atoms with Crippen LogP contribution in [0.1, 0.15) is 20.3 Å². The summed E-state index contributed by atoms with van der Waals surface area (Å²) in [6.45, 7) is 3.01. The molecule has 138 valence electrons. The number of aliphatic hydroxyl groups is 5. The van der Waals surface area contributed by atoms with E-state index in [0.29, 0.717) is 12.0 Å². The summed E-state index contributed by atoms with van der Waals surface area (Å²) in [7, 11) is 0. The van der Waals surface area contributed by atoms with Crippen molar-refractivity contribution in [2.45, 2.75) is 51.0 Å². The van der Waals surface area contributed by atoms with Crippen LogP contribution in [0.5, 0.6) is 0 Å². The molecule has 6 unspecified atom stereocenters. The van der Waals surface area contributed by atoms with Gasteiger partial charge < -0.3 is 35.0 Å². The van der Waals surface area contributed by atoms with Gasteiger partial charge in [0.2, 0.25) is 0 Å². The topological polar surface area (TPSA) is 137 Å². The first kappa shape index (κ1) is 19.5. The van der Waals surface area contributed by atoms with Crippen molar-refractivity contribution < 1.29 is 39.8 Å². The third-order valence-electron chi connectivity index (χ3n) is 4.83. The standard InChI is InChI=1S/C16H26O8/c1-16(2)4-9(19)3-8(5-17)10(16)7-23-15-14(22)13(21)12(20)11(6-18)24-15/h3,10-15,17-18,20-22H,4-7H2,1-2H3. The van der Waals surface area contributed by atoms with Gasteiger partial charge in [0.25, 0.3) is 0 Å². The van der Waals surface area contributed by atoms with Crippen LogP contribution in [0.15, 0.2) is 11.6 Å². The van der Waals surface area contributed by atoms with Gasteiger partial charge in [-0.1, -0.05) is 13.8 Å². The molecule has 5 N–H and O–H groups in total. The van der Waals surface area contributed by atoms with Gasteiger partial charge in [0.15, 0.2) is 12.1 Å². The minimum atomic E-state index is -1.50. The minimum Gasteiger partial charge on any atom is -0.394 e. The highest BCUT2D eigenvalue weighted by Crippen LogP contribution is 2.40. The lowest BCUT2D eigenvalue weighted by atomic mass is 9.68. The molecule has 0 radical (unpaired) electrons. The van der Waals surface area contributed by atoms with E-state index in [0.717, 1.165) is 0 Å². The molecule has 0 aromatic carbocycles. The molecule has 0 spiro atoms. The third kappa shape index (κ3) is 3.85. The molecule has 1 aliphatic heterocycles. The Kier molecular flexibility index (Phi) is 6.14. The van der Waals surface area contributed by atoms with Crippen molar-refractivity contribution in [3.05, 3.63) is 11.6 Å². The van der Waals surface area contributed by atoms with Crippen LogP contribution in [-0.4, -0.2) is 81.8 Å². The summed E-state index contributed by atoms with van der Waals surface area (Å²) in [5.41, 5.74) is 0.0960. The Labute approximate surface area is 140 Å². The van der Waals surface area contributed by atoms with Crippen molar-refractivity contribution in [3.63, 3.8) is 0 Å². The Balaban J connectivity index is 2.08. The van der Waals surface area contributed by atoms with E-state index in [9.17, 15) is 30.3 Å². The highest BCUT2D eigenvalue weighted by Gasteiger charge is 2.45. The fourth-order valence-electron chi connectivity index (χ4n) is 3.32. The average molecular weight is 346 g/mol. The predicted octanol–water partition coefficient (Wildman–Crippen LogP) is -1.66. The van der Waals surface area contributed by atoms with Gasteiger partial charge in [-0.05, 0) is 17.1 Å². The van der Waals surface area contributed by atoms with Crippen LogP contribution in [0.3, 0.4) is 0 Å². The summed E-state index contributed by atoms with van der Waals surface area (Å²) in [6.07, 6.45) is -4.98. The molecule has 2 aliphatic rings. The van der Waals surface area contributed by atoms with Crippen molar-refractivity contribution in [1.29, 1.82) is 0 Å². The Bertz CT molecular complexity index is 486. The zero-order valence-corrected chi connectivity index (χ0v) is 13.8. The van der Waals surface area contributed by atoms with Gasteiger partial charge in [-0.15, -0.1) is 0 Å². The lowest BCUT2D eigenvalue weighted by molar-refractivity contribution is -0.304. The van der Waals surface area contributed by atoms with Crippen LogP contribution < -0.4 is 0 Å². The summed E-state index contributed by atoms with van der Waals surface area (Å²) in [5.74, 6) is -0.333. The van der Waals surface area contributed by atoms with Crippen LogP contribution in [0.25, 0.3) is 0 Å². The molecule has 24 heavy (non-hydrogen) atoms. The second-order valence-electron chi connectivity index (χ2n) is 7.09. The maximum absolute atomic E-state index is 11.7. The maximum Gasteiger partial charge on any atom is 0.186 e. The van der Waals surface area contributed by atoms with Crippen molar-refractivity contribution in [1.82, 2.24) is 0 Å². The van der Waals surface area contributed by atoms with E-state index in [-0.39, 0.29) is 24.9 Å². The summed E-state index contributed by atoms with van der Waals surface area (Å²) < 4.78 is 10.9. The maximum atomic E-state index is 11.7. The van der Waals surface area contributed by atoms with Crippen LogP contribution in [0.2, 0.25) is 0 Å². The van der Waals surface area contributed by atoms with Gasteiger partial charge >= 0.3 is 0 Å². The Morgan fingerprint density at radius 1 is 1.21 bits per heavy atom. The molecule has 0 bridgehead atoms. The first-order chi connectivity index (χ1) is 11.2. The predicted molar refractivity (Wildman–Crippen MR) is 81.8 cm³/mol. The van der Waals surface area contributed by atoms with E-state index in [1.54, 1.807) is 0 Å². The molecule has 1 saturated heterocycles. The van der Waals surface area contributed by atoms with Crippen molar-refractivity contribution in [2.75, 3.05) is 19.8 Å². The zero-order chi connectivity index (χ0) is 18.1. The molecule has 0 saturated carbocycles. The summed E-state index contributed by atoms with van der Waals surface area (Å²) in [6, 6.07) is 0. The monoisotopic (exact) mass is 346 g/mol. The SMILES string of the molecule is CC1(C)CC(=O)C=C(CO)C1COC1OC(CO)C(O)C(O)C1O. The Morgan fingerprint density at radius 2 is 1.88 bits per heavy atom. The number of ether oxygens (including phenoxy) is 2. The van der Waals surface area contributed by atoms with Gasteiger partial charge in [-0.3, -0.25) is 4.79 Å². The largest absolute Gasteiger partial charge is 0.394 e. The van der Waals surface area contributed by atoms with E-state index in [1.807, 2.05) is 13.8 Å². The molecule has 8 nitrogen and oxygen atoms in total. The summed E-state index contributed by atoms with van der Waals surface area (Å²) in [4.78, 5) is 11.7. The van der Waals surface area contributed by atoms with Crippen LogP contribution in [-0.2, 0) is 14.3 Å². The molecule has 0 aromatic heterocycles. The fourth-order valence-corrected chi connectivity index (χ4v) is 3.32. The minimum absolute atomic E-state index is 0.0510. The lowest BCUT2D eigenvalue weighted by Crippen LogP contribution is -2.59. The smallest absolute Gasteiger partial charge is 0.186 e. The van der Waals surface area contributed by atoms with E-state index >= 15 is 0 Å². The fraction of sp³-hybridized carbons (Fsp3) is 0.812. The average Bonchev–Trinajstić information content (AvgIpc) is 2.52. The number of rotatable bonds is 5. The van der Waals surface area contributed by atoms with Crippen LogP contribution in [0, 0.1) is 11.3 Å². The number of carbonyl (C=O) groups excluding carboxylic acids is 1. The number of aliphatic hydroxyl groups excluding tert-OH is 5. The van der Waals surface area contributed by atoms with E-state index in [4.69, 9.17) is 9.47 Å². The normalized spacial score (nSPS) is 39.6. The zero-order valence-electron chi connectivity index (χ0n) is 13.8. The van der Waals surface area contributed by atoms with Gasteiger partial charge in [0.05, 0.1) is 19.8 Å². The van der Waals surface area contributed by atoms with Gasteiger partial charge in [-0.25, -0.2) is 0 Å². The van der Waals surface area contributed by atoms with Crippen LogP contribution >= 0.6 is 0 Å². The molecule has 1 aliphatic carbocycles. The molecule has 1 fully saturated rings. The third-order valence-corrected chi connectivity index (χ3v) is 4.83. The summed E-state index contributed by atoms with van der Waals surface area (Å²) >= 11 is 0. The van der Waals surface area contributed by atoms with Gasteiger partial charge in [-0.2, -0.15) is 0 Å². The molecule has 0 amide bonds. The Hall–Kier alpha value is -0.870.